The van der Waals surface area contributed by atoms with Gasteiger partial charge < -0.3 is 20.5 Å². The average Bonchev–Trinajstić information content (AvgIpc) is 2.60. The maximum Gasteiger partial charge on any atom is 0.223 e. The fourth-order valence-corrected chi connectivity index (χ4v) is 3.40. The van der Waals surface area contributed by atoms with Gasteiger partial charge in [-0.2, -0.15) is 0 Å². The quantitative estimate of drug-likeness (QED) is 0.670. The number of aliphatic hydroxyl groups is 1. The minimum absolute atomic E-state index is 0.0665. The van der Waals surface area contributed by atoms with Gasteiger partial charge in [-0.05, 0) is 43.4 Å². The van der Waals surface area contributed by atoms with Gasteiger partial charge in [0.25, 0.3) is 0 Å². The predicted octanol–water partition coefficient (Wildman–Crippen LogP) is 0.913. The fourth-order valence-electron chi connectivity index (χ4n) is 3.40. The van der Waals surface area contributed by atoms with Crippen LogP contribution in [0.3, 0.4) is 0 Å². The summed E-state index contributed by atoms with van der Waals surface area (Å²) in [5.41, 5.74) is 0.991. The third kappa shape index (κ3) is 5.02. The molecule has 0 bridgehead atoms. The van der Waals surface area contributed by atoms with Crippen LogP contribution in [0.15, 0.2) is 24.5 Å². The number of amides is 2. The summed E-state index contributed by atoms with van der Waals surface area (Å²) in [4.78, 5) is 28.2. The lowest BCUT2D eigenvalue weighted by atomic mass is 9.84. The molecule has 3 N–H and O–H groups in total. The fraction of sp³-hybridized carbons (Fsp3) is 0.632. The smallest absolute Gasteiger partial charge is 0.223 e. The lowest BCUT2D eigenvalue weighted by molar-refractivity contribution is -0.138. The van der Waals surface area contributed by atoms with Gasteiger partial charge in [0.2, 0.25) is 11.8 Å². The largest absolute Gasteiger partial charge is 0.394 e. The van der Waals surface area contributed by atoms with Crippen LogP contribution in [0.25, 0.3) is 0 Å². The Hall–Kier alpha value is -1.99. The van der Waals surface area contributed by atoms with E-state index in [0.29, 0.717) is 19.4 Å². The molecule has 0 aromatic carbocycles. The van der Waals surface area contributed by atoms with Gasteiger partial charge in [-0.15, -0.1) is 0 Å². The van der Waals surface area contributed by atoms with Crippen molar-refractivity contribution in [3.8, 4) is 0 Å². The molecule has 1 aromatic heterocycles. The van der Waals surface area contributed by atoms with Crippen molar-refractivity contribution in [1.29, 1.82) is 0 Å². The van der Waals surface area contributed by atoms with E-state index in [1.54, 1.807) is 12.4 Å². The van der Waals surface area contributed by atoms with E-state index in [2.05, 4.69) is 15.6 Å². The Morgan fingerprint density at radius 1 is 1.19 bits per heavy atom. The van der Waals surface area contributed by atoms with Gasteiger partial charge in [-0.25, -0.2) is 0 Å². The minimum atomic E-state index is -0.453. The summed E-state index contributed by atoms with van der Waals surface area (Å²) >= 11 is 0. The van der Waals surface area contributed by atoms with E-state index < -0.39 is 6.10 Å². The summed E-state index contributed by atoms with van der Waals surface area (Å²) in [6.45, 7) is 0.294. The predicted molar refractivity (Wildman–Crippen MR) is 95.0 cm³/mol. The molecule has 3 rings (SSSR count). The number of hydrogen-bond donors (Lipinski definition) is 3. The molecule has 2 amide bonds. The van der Waals surface area contributed by atoms with Crippen LogP contribution in [-0.2, 0) is 20.9 Å². The highest BCUT2D eigenvalue weighted by Gasteiger charge is 2.35. The van der Waals surface area contributed by atoms with E-state index in [-0.39, 0.29) is 42.9 Å². The van der Waals surface area contributed by atoms with Gasteiger partial charge >= 0.3 is 0 Å². The SMILES string of the molecule is O=C(C[C@@H]1CC[C@@H](NC(=O)C2CCC2)[C@@H](CO)O1)NCc1ccncc1. The van der Waals surface area contributed by atoms with E-state index in [9.17, 15) is 14.7 Å². The van der Waals surface area contributed by atoms with Crippen molar-refractivity contribution in [2.24, 2.45) is 5.92 Å². The number of aliphatic hydroxyl groups excluding tert-OH is 1. The van der Waals surface area contributed by atoms with E-state index >= 15 is 0 Å². The van der Waals surface area contributed by atoms with Crippen molar-refractivity contribution >= 4 is 11.8 Å². The monoisotopic (exact) mass is 361 g/mol. The van der Waals surface area contributed by atoms with Crippen LogP contribution in [0.4, 0.5) is 0 Å². The van der Waals surface area contributed by atoms with E-state index in [1.165, 1.54) is 0 Å². The van der Waals surface area contributed by atoms with E-state index in [1.807, 2.05) is 12.1 Å². The molecule has 7 heteroatoms. The Kier molecular flexibility index (Phi) is 6.57. The lowest BCUT2D eigenvalue weighted by Gasteiger charge is -2.37. The Morgan fingerprint density at radius 2 is 1.96 bits per heavy atom. The molecule has 2 fully saturated rings. The summed E-state index contributed by atoms with van der Waals surface area (Å²) < 4.78 is 5.87. The standard InChI is InChI=1S/C19H27N3O4/c23-12-17-16(22-19(25)14-2-1-3-14)5-4-15(26-17)10-18(24)21-11-13-6-8-20-9-7-13/h6-9,14-17,23H,1-5,10-12H2,(H,21,24)(H,22,25)/t15-,16+,17+/m0/s1. The van der Waals surface area contributed by atoms with Crippen molar-refractivity contribution in [2.45, 2.75) is 63.3 Å². The molecule has 1 saturated carbocycles. The number of carbonyl (C=O) groups excluding carboxylic acids is 2. The molecule has 1 aliphatic heterocycles. The van der Waals surface area contributed by atoms with Gasteiger partial charge in [0.15, 0.2) is 0 Å². The average molecular weight is 361 g/mol. The molecule has 0 radical (unpaired) electrons. The number of nitrogens with one attached hydrogen (secondary N) is 2. The first-order valence-corrected chi connectivity index (χ1v) is 9.38. The number of hydrogen-bond acceptors (Lipinski definition) is 5. The molecule has 142 valence electrons. The first-order valence-electron chi connectivity index (χ1n) is 9.38. The van der Waals surface area contributed by atoms with Crippen LogP contribution < -0.4 is 10.6 Å². The molecule has 26 heavy (non-hydrogen) atoms. The molecule has 1 aromatic rings. The molecule has 2 aliphatic rings. The number of rotatable bonds is 7. The summed E-state index contributed by atoms with van der Waals surface area (Å²) in [7, 11) is 0. The zero-order valence-corrected chi connectivity index (χ0v) is 14.9. The second-order valence-electron chi connectivity index (χ2n) is 7.14. The summed E-state index contributed by atoms with van der Waals surface area (Å²) in [6.07, 6.45) is 7.36. The van der Waals surface area contributed by atoms with Crippen LogP contribution in [-0.4, -0.2) is 46.8 Å². The third-order valence-electron chi connectivity index (χ3n) is 5.25. The minimum Gasteiger partial charge on any atom is -0.394 e. The molecule has 0 unspecified atom stereocenters. The summed E-state index contributed by atoms with van der Waals surface area (Å²) in [5.74, 6) is 0.100. The second-order valence-corrected chi connectivity index (χ2v) is 7.14. The molecular weight excluding hydrogens is 334 g/mol. The first kappa shape index (κ1) is 18.8. The molecule has 7 nitrogen and oxygen atoms in total. The molecule has 1 aliphatic carbocycles. The Balaban J connectivity index is 1.42. The zero-order valence-electron chi connectivity index (χ0n) is 14.9. The van der Waals surface area contributed by atoms with Gasteiger partial charge in [0.05, 0.1) is 25.2 Å². The van der Waals surface area contributed by atoms with Gasteiger partial charge in [0.1, 0.15) is 6.10 Å². The van der Waals surface area contributed by atoms with Crippen LogP contribution in [0, 0.1) is 5.92 Å². The topological polar surface area (TPSA) is 101 Å². The lowest BCUT2D eigenvalue weighted by Crippen LogP contribution is -2.53. The Bertz CT molecular complexity index is 606. The van der Waals surface area contributed by atoms with Crippen molar-refractivity contribution in [2.75, 3.05) is 6.61 Å². The van der Waals surface area contributed by atoms with Crippen molar-refractivity contribution in [1.82, 2.24) is 15.6 Å². The van der Waals surface area contributed by atoms with Crippen LogP contribution >= 0.6 is 0 Å². The highest BCUT2D eigenvalue weighted by Crippen LogP contribution is 2.28. The van der Waals surface area contributed by atoms with Crippen LogP contribution in [0.5, 0.6) is 0 Å². The van der Waals surface area contributed by atoms with Crippen molar-refractivity contribution in [3.05, 3.63) is 30.1 Å². The van der Waals surface area contributed by atoms with Crippen molar-refractivity contribution in [3.63, 3.8) is 0 Å². The second kappa shape index (κ2) is 9.09. The van der Waals surface area contributed by atoms with Gasteiger partial charge in [0, 0.05) is 24.9 Å². The van der Waals surface area contributed by atoms with E-state index in [0.717, 1.165) is 24.8 Å². The number of nitrogens with zero attached hydrogens (tertiary/aromatic N) is 1. The summed E-state index contributed by atoms with van der Waals surface area (Å²) in [6, 6.07) is 3.53. The highest BCUT2D eigenvalue weighted by molar-refractivity contribution is 5.79. The van der Waals surface area contributed by atoms with Crippen molar-refractivity contribution < 1.29 is 19.4 Å². The molecule has 0 spiro atoms. The maximum absolute atomic E-state index is 12.1. The molecule has 2 heterocycles. The number of ether oxygens (including phenoxy) is 1. The van der Waals surface area contributed by atoms with Gasteiger partial charge in [-0.3, -0.25) is 14.6 Å². The maximum atomic E-state index is 12.1. The van der Waals surface area contributed by atoms with Gasteiger partial charge in [-0.1, -0.05) is 6.42 Å². The highest BCUT2D eigenvalue weighted by atomic mass is 16.5. The molecular formula is C19H27N3O4. The Morgan fingerprint density at radius 3 is 2.62 bits per heavy atom. The van der Waals surface area contributed by atoms with Crippen LogP contribution in [0.2, 0.25) is 0 Å². The normalized spacial score (nSPS) is 26.0. The first-order chi connectivity index (χ1) is 12.7. The molecule has 3 atom stereocenters. The van der Waals surface area contributed by atoms with E-state index in [4.69, 9.17) is 4.74 Å². The number of pyridine rings is 1. The third-order valence-corrected chi connectivity index (χ3v) is 5.25. The number of carbonyl (C=O) groups is 2. The van der Waals surface area contributed by atoms with Crippen LogP contribution in [0.1, 0.15) is 44.1 Å². The summed E-state index contributed by atoms with van der Waals surface area (Å²) in [5, 5.41) is 15.5. The Labute approximate surface area is 153 Å². The zero-order chi connectivity index (χ0) is 18.4. The number of aromatic nitrogens is 1. The molecule has 1 saturated heterocycles.